The molecule has 2 atom stereocenters. The predicted molar refractivity (Wildman–Crippen MR) is 184 cm³/mol. The van der Waals surface area contributed by atoms with Crippen LogP contribution in [0.5, 0.6) is 0 Å². The Balaban J connectivity index is 0.00000200. The van der Waals surface area contributed by atoms with E-state index in [4.69, 9.17) is 0 Å². The van der Waals surface area contributed by atoms with Crippen LogP contribution in [0.25, 0.3) is 34.4 Å². The molecule has 0 bridgehead atoms. The Morgan fingerprint density at radius 2 is 0.800 bits per heavy atom. The molecule has 1 aliphatic heterocycles. The molecule has 7 rings (SSSR count). The maximum atomic E-state index is 2.61. The second-order valence-electron chi connectivity index (χ2n) is 14.5. The van der Waals surface area contributed by atoms with Gasteiger partial charge in [-0.05, 0) is 0 Å². The number of rotatable bonds is 4. The van der Waals surface area contributed by atoms with Crippen molar-refractivity contribution < 1.29 is 45.1 Å². The molecular weight excluding hydrogens is 667 g/mol. The van der Waals surface area contributed by atoms with Gasteiger partial charge in [0, 0.05) is 0 Å². The van der Waals surface area contributed by atoms with E-state index in [1.54, 1.807) is 33.4 Å². The molecule has 2 aliphatic carbocycles. The van der Waals surface area contributed by atoms with Gasteiger partial charge in [0.25, 0.3) is 0 Å². The quantitative estimate of drug-likeness (QED) is 0.240. The molecule has 0 nitrogen and oxygen atoms in total. The zero-order chi connectivity index (χ0) is 30.5. The Morgan fingerprint density at radius 1 is 0.467 bits per heavy atom. The summed E-state index contributed by atoms with van der Waals surface area (Å²) in [4.78, 5) is 0. The van der Waals surface area contributed by atoms with Crippen molar-refractivity contribution >= 4 is 12.2 Å². The molecular formula is C42H46Cl2Zr. The molecule has 4 aromatic carbocycles. The first kappa shape index (κ1) is 34.2. The van der Waals surface area contributed by atoms with Gasteiger partial charge in [-0.15, -0.1) is 0 Å². The van der Waals surface area contributed by atoms with Crippen molar-refractivity contribution in [1.82, 2.24) is 0 Å². The SMILES string of the molecule is CC1=Cc2c(-c3cc(C)cc(C)c3)cc(C)c(C)c2[CH]1[Zr+2]1([CH]2C(C)=Cc3c(-c4cc(C)cc(C)c4)cc(C)c(C)c32)[CH2][CH2]1.[Cl-].[Cl-]. The van der Waals surface area contributed by atoms with Gasteiger partial charge in [0.05, 0.1) is 0 Å². The molecule has 45 heavy (non-hydrogen) atoms. The van der Waals surface area contributed by atoms with Crippen LogP contribution < -0.4 is 24.8 Å². The van der Waals surface area contributed by atoms with Gasteiger partial charge < -0.3 is 24.8 Å². The number of fused-ring (bicyclic) bond motifs is 2. The molecule has 0 amide bonds. The van der Waals surface area contributed by atoms with Crippen molar-refractivity contribution in [3.63, 3.8) is 0 Å². The fourth-order valence-electron chi connectivity index (χ4n) is 9.16. The minimum Gasteiger partial charge on any atom is -1.00 e. The van der Waals surface area contributed by atoms with Gasteiger partial charge >= 0.3 is 266 Å². The third-order valence-corrected chi connectivity index (χ3v) is 24.5. The van der Waals surface area contributed by atoms with Crippen LogP contribution in [-0.2, 0) is 20.3 Å². The Morgan fingerprint density at radius 3 is 1.11 bits per heavy atom. The molecule has 1 saturated heterocycles. The smallest absolute Gasteiger partial charge is 1.00 e. The Labute approximate surface area is 288 Å². The van der Waals surface area contributed by atoms with E-state index in [9.17, 15) is 0 Å². The number of aryl methyl sites for hydroxylation is 6. The molecule has 0 spiro atoms. The normalized spacial score (nSPS) is 18.1. The number of halogens is 2. The summed E-state index contributed by atoms with van der Waals surface area (Å²) in [6.07, 6.45) is 5.21. The van der Waals surface area contributed by atoms with E-state index in [2.05, 4.69) is 130 Å². The minimum atomic E-state index is -2.77. The van der Waals surface area contributed by atoms with Crippen LogP contribution in [0.4, 0.5) is 0 Å². The molecule has 0 N–H and O–H groups in total. The molecule has 4 aromatic rings. The first-order valence-electron chi connectivity index (χ1n) is 16.2. The molecule has 2 unspecified atom stereocenters. The van der Waals surface area contributed by atoms with Crippen molar-refractivity contribution in [1.29, 1.82) is 0 Å². The summed E-state index contributed by atoms with van der Waals surface area (Å²) < 4.78 is 4.32. The average molecular weight is 713 g/mol. The van der Waals surface area contributed by atoms with E-state index >= 15 is 0 Å². The molecule has 3 heteroatoms. The van der Waals surface area contributed by atoms with Crippen molar-refractivity contribution in [2.24, 2.45) is 0 Å². The largest absolute Gasteiger partial charge is 1.00 e. The van der Waals surface area contributed by atoms with Gasteiger partial charge in [0.1, 0.15) is 0 Å². The Kier molecular flexibility index (Phi) is 9.20. The van der Waals surface area contributed by atoms with Gasteiger partial charge in [-0.25, -0.2) is 0 Å². The fraction of sp³-hybridized carbons (Fsp3) is 0.333. The van der Waals surface area contributed by atoms with E-state index < -0.39 is 20.3 Å². The summed E-state index contributed by atoms with van der Waals surface area (Å²) in [6, 6.07) is 19.1. The molecule has 232 valence electrons. The first-order valence-corrected chi connectivity index (χ1v) is 22.5. The van der Waals surface area contributed by atoms with E-state index in [0.29, 0.717) is 7.25 Å². The minimum absolute atomic E-state index is 0. The van der Waals surface area contributed by atoms with Gasteiger partial charge in [-0.3, -0.25) is 0 Å². The fourth-order valence-corrected chi connectivity index (χ4v) is 27.3. The Hall–Kier alpha value is -2.18. The number of hydrogen-bond donors (Lipinski definition) is 0. The summed E-state index contributed by atoms with van der Waals surface area (Å²) in [5.74, 6) is 0. The molecule has 0 saturated carbocycles. The predicted octanol–water partition coefficient (Wildman–Crippen LogP) is 6.12. The molecule has 0 radical (unpaired) electrons. The molecule has 0 aromatic heterocycles. The average Bonchev–Trinajstić information content (AvgIpc) is 3.51. The number of benzene rings is 4. The van der Waals surface area contributed by atoms with Crippen LogP contribution in [0.3, 0.4) is 0 Å². The van der Waals surface area contributed by atoms with Crippen LogP contribution in [-0.4, -0.2) is 0 Å². The summed E-state index contributed by atoms with van der Waals surface area (Å²) in [7, 11) is 0. The topological polar surface area (TPSA) is 0 Å². The van der Waals surface area contributed by atoms with Gasteiger partial charge in [0.15, 0.2) is 0 Å². The molecule has 1 heterocycles. The van der Waals surface area contributed by atoms with Crippen LogP contribution in [0.1, 0.15) is 87.9 Å². The van der Waals surface area contributed by atoms with Crippen molar-refractivity contribution in [3.8, 4) is 22.3 Å². The zero-order valence-corrected chi connectivity index (χ0v) is 32.6. The standard InChI is InChI=1S/2C20H21.C2H4.2ClH.Zr/c2*1-12-6-13(2)8-17(7-12)19-11-15(4)16(5)18-9-14(3)10-20(18)19;1-2;;;/h2*6-11H,1-5H3;1-2H2;2*1H;/q;;;;;+2/p-2. The summed E-state index contributed by atoms with van der Waals surface area (Å²) >= 11 is -2.77. The van der Waals surface area contributed by atoms with Gasteiger partial charge in [-0.1, -0.05) is 0 Å². The van der Waals surface area contributed by atoms with Crippen LogP contribution in [0.15, 0.2) is 59.7 Å². The van der Waals surface area contributed by atoms with Crippen molar-refractivity contribution in [2.45, 2.75) is 84.7 Å². The number of allylic oxidation sites excluding steroid dienone is 2. The maximum absolute atomic E-state index is 2.77. The second-order valence-corrected chi connectivity index (χ2v) is 25.9. The third-order valence-electron chi connectivity index (χ3n) is 11.1. The summed E-state index contributed by atoms with van der Waals surface area (Å²) in [5, 5.41) is 0. The van der Waals surface area contributed by atoms with E-state index in [1.807, 2.05) is 0 Å². The Bertz CT molecular complexity index is 1760. The van der Waals surface area contributed by atoms with Gasteiger partial charge in [0.2, 0.25) is 0 Å². The van der Waals surface area contributed by atoms with Crippen LogP contribution in [0.2, 0.25) is 8.26 Å². The second kappa shape index (κ2) is 12.1. The zero-order valence-electron chi connectivity index (χ0n) is 28.6. The van der Waals surface area contributed by atoms with Crippen LogP contribution >= 0.6 is 0 Å². The molecule has 3 aliphatic rings. The summed E-state index contributed by atoms with van der Waals surface area (Å²) in [6.45, 7) is 23.4. The van der Waals surface area contributed by atoms with Crippen molar-refractivity contribution in [2.75, 3.05) is 0 Å². The first-order chi connectivity index (χ1) is 20.4. The van der Waals surface area contributed by atoms with Crippen LogP contribution in [0, 0.1) is 55.4 Å². The van der Waals surface area contributed by atoms with Gasteiger partial charge in [-0.2, -0.15) is 0 Å². The third kappa shape index (κ3) is 5.40. The number of hydrogen-bond acceptors (Lipinski definition) is 0. The monoisotopic (exact) mass is 710 g/mol. The summed E-state index contributed by atoms with van der Waals surface area (Å²) in [5.41, 5.74) is 26.8. The van der Waals surface area contributed by atoms with E-state index in [-0.39, 0.29) is 24.8 Å². The van der Waals surface area contributed by atoms with Crippen molar-refractivity contribution in [3.05, 3.63) is 126 Å². The molecule has 1 fully saturated rings. The van der Waals surface area contributed by atoms with E-state index in [0.717, 1.165) is 0 Å². The maximum Gasteiger partial charge on any atom is -1.00 e. The van der Waals surface area contributed by atoms with E-state index in [1.165, 1.54) is 75.0 Å².